The van der Waals surface area contributed by atoms with Crippen LogP contribution in [0.1, 0.15) is 41.0 Å². The molecule has 2 aromatic rings. The van der Waals surface area contributed by atoms with Crippen LogP contribution in [0.15, 0.2) is 48.5 Å². The number of hydrogen-bond donors (Lipinski definition) is 3. The van der Waals surface area contributed by atoms with Gasteiger partial charge in [-0.1, -0.05) is 13.0 Å². The molecule has 0 saturated carbocycles. The van der Waals surface area contributed by atoms with Crippen LogP contribution in [0.3, 0.4) is 0 Å². The van der Waals surface area contributed by atoms with E-state index >= 15 is 0 Å². The van der Waals surface area contributed by atoms with E-state index in [1.807, 2.05) is 13.8 Å². The Kier molecular flexibility index (Phi) is 7.77. The number of nitrogens with one attached hydrogen (secondary N) is 3. The zero-order valence-electron chi connectivity index (χ0n) is 17.3. The van der Waals surface area contributed by atoms with Gasteiger partial charge in [-0.25, -0.2) is 0 Å². The number of benzene rings is 2. The summed E-state index contributed by atoms with van der Waals surface area (Å²) < 4.78 is 0. The van der Waals surface area contributed by atoms with E-state index in [4.69, 9.17) is 0 Å². The van der Waals surface area contributed by atoms with Crippen LogP contribution < -0.4 is 16.0 Å². The van der Waals surface area contributed by atoms with Crippen molar-refractivity contribution in [3.8, 4) is 0 Å². The van der Waals surface area contributed by atoms with E-state index in [1.54, 1.807) is 62.6 Å². The van der Waals surface area contributed by atoms with Gasteiger partial charge in [-0.2, -0.15) is 0 Å². The van der Waals surface area contributed by atoms with E-state index in [0.717, 1.165) is 12.1 Å². The summed E-state index contributed by atoms with van der Waals surface area (Å²) in [6.45, 7) is 4.03. The molecule has 0 aromatic heterocycles. The van der Waals surface area contributed by atoms with E-state index in [0.29, 0.717) is 16.8 Å². The highest BCUT2D eigenvalue weighted by atomic mass is 16.2. The van der Waals surface area contributed by atoms with Gasteiger partial charge in [-0.05, 0) is 55.8 Å². The summed E-state index contributed by atoms with van der Waals surface area (Å²) in [5.74, 6) is -0.481. The molecule has 2 aromatic carbocycles. The first-order valence-electron chi connectivity index (χ1n) is 9.56. The van der Waals surface area contributed by atoms with Gasteiger partial charge in [0.1, 0.15) is 0 Å². The first-order chi connectivity index (χ1) is 13.8. The lowest BCUT2D eigenvalue weighted by molar-refractivity contribution is -0.114. The molecule has 2 rings (SSSR count). The summed E-state index contributed by atoms with van der Waals surface area (Å²) in [7, 11) is 3.35. The normalized spacial score (nSPS) is 11.3. The second-order valence-corrected chi connectivity index (χ2v) is 7.04. The maximum atomic E-state index is 12.2. The molecule has 0 heterocycles. The SMILES string of the molecule is CCC(C)NC(=O)c1ccc(NCC(=O)Nc2cccc(C(=O)N(C)C)c2)cc1. The van der Waals surface area contributed by atoms with E-state index in [1.165, 1.54) is 4.90 Å². The summed E-state index contributed by atoms with van der Waals surface area (Å²) in [6, 6.07) is 13.9. The fourth-order valence-electron chi connectivity index (χ4n) is 2.52. The van der Waals surface area contributed by atoms with Crippen molar-refractivity contribution in [2.75, 3.05) is 31.3 Å². The number of carbonyl (C=O) groups is 3. The fraction of sp³-hybridized carbons (Fsp3) is 0.318. The van der Waals surface area contributed by atoms with Gasteiger partial charge in [0.25, 0.3) is 11.8 Å². The summed E-state index contributed by atoms with van der Waals surface area (Å²) in [4.78, 5) is 37.8. The molecule has 1 unspecified atom stereocenters. The van der Waals surface area contributed by atoms with Gasteiger partial charge in [0.2, 0.25) is 5.91 Å². The largest absolute Gasteiger partial charge is 0.376 e. The number of carbonyl (C=O) groups excluding carboxylic acids is 3. The Morgan fingerprint density at radius 1 is 0.966 bits per heavy atom. The number of anilines is 2. The number of amides is 3. The van der Waals surface area contributed by atoms with Crippen molar-refractivity contribution in [3.05, 3.63) is 59.7 Å². The predicted molar refractivity (Wildman–Crippen MR) is 115 cm³/mol. The van der Waals surface area contributed by atoms with Gasteiger partial charge in [0.15, 0.2) is 0 Å². The zero-order valence-corrected chi connectivity index (χ0v) is 17.3. The molecule has 154 valence electrons. The van der Waals surface area contributed by atoms with Gasteiger partial charge in [-0.3, -0.25) is 14.4 Å². The van der Waals surface area contributed by atoms with Gasteiger partial charge >= 0.3 is 0 Å². The summed E-state index contributed by atoms with van der Waals surface area (Å²) in [5.41, 5.74) is 2.37. The van der Waals surface area contributed by atoms with Crippen LogP contribution in [-0.4, -0.2) is 49.3 Å². The molecule has 0 saturated heterocycles. The molecule has 3 amide bonds. The highest BCUT2D eigenvalue weighted by Gasteiger charge is 2.10. The van der Waals surface area contributed by atoms with Crippen LogP contribution in [0.25, 0.3) is 0 Å². The molecule has 7 heteroatoms. The third-order valence-corrected chi connectivity index (χ3v) is 4.39. The number of nitrogens with zero attached hydrogens (tertiary/aromatic N) is 1. The molecule has 0 aliphatic rings. The fourth-order valence-corrected chi connectivity index (χ4v) is 2.52. The number of rotatable bonds is 8. The average molecular weight is 396 g/mol. The summed E-state index contributed by atoms with van der Waals surface area (Å²) in [6.07, 6.45) is 0.868. The van der Waals surface area contributed by atoms with Crippen molar-refractivity contribution in [2.45, 2.75) is 26.3 Å². The molecule has 0 fully saturated rings. The molecular formula is C22H28N4O3. The van der Waals surface area contributed by atoms with Crippen LogP contribution >= 0.6 is 0 Å². The third kappa shape index (κ3) is 6.64. The highest BCUT2D eigenvalue weighted by molar-refractivity contribution is 5.98. The Balaban J connectivity index is 1.89. The van der Waals surface area contributed by atoms with Gasteiger partial charge < -0.3 is 20.9 Å². The minimum Gasteiger partial charge on any atom is -0.376 e. The van der Waals surface area contributed by atoms with Crippen molar-refractivity contribution in [1.29, 1.82) is 0 Å². The summed E-state index contributed by atoms with van der Waals surface area (Å²) in [5, 5.41) is 8.70. The zero-order chi connectivity index (χ0) is 21.4. The predicted octanol–water partition coefficient (Wildman–Crippen LogP) is 2.97. The molecule has 0 spiro atoms. The third-order valence-electron chi connectivity index (χ3n) is 4.39. The molecule has 7 nitrogen and oxygen atoms in total. The first kappa shape index (κ1) is 21.9. The Hall–Kier alpha value is -3.35. The van der Waals surface area contributed by atoms with Gasteiger partial charge in [0.05, 0.1) is 6.54 Å². The minimum absolute atomic E-state index is 0.0598. The standard InChI is InChI=1S/C22H28N4O3/c1-5-15(2)24-21(28)16-9-11-18(12-10-16)23-14-20(27)25-19-8-6-7-17(13-19)22(29)26(3)4/h6-13,15,23H,5,14H2,1-4H3,(H,24,28)(H,25,27). The number of hydrogen-bond acceptors (Lipinski definition) is 4. The van der Waals surface area contributed by atoms with Crippen LogP contribution in [0.2, 0.25) is 0 Å². The quantitative estimate of drug-likeness (QED) is 0.640. The van der Waals surface area contributed by atoms with Crippen molar-refractivity contribution < 1.29 is 14.4 Å². The highest BCUT2D eigenvalue weighted by Crippen LogP contribution is 2.13. The monoisotopic (exact) mass is 396 g/mol. The van der Waals surface area contributed by atoms with E-state index in [-0.39, 0.29) is 30.3 Å². The Labute approximate surface area is 171 Å². The Bertz CT molecular complexity index is 863. The topological polar surface area (TPSA) is 90.5 Å². The molecule has 0 aliphatic carbocycles. The minimum atomic E-state index is -0.238. The molecule has 3 N–H and O–H groups in total. The summed E-state index contributed by atoms with van der Waals surface area (Å²) >= 11 is 0. The van der Waals surface area contributed by atoms with Crippen molar-refractivity contribution in [3.63, 3.8) is 0 Å². The molecule has 0 radical (unpaired) electrons. The van der Waals surface area contributed by atoms with E-state index in [9.17, 15) is 14.4 Å². The van der Waals surface area contributed by atoms with Gasteiger partial charge in [0, 0.05) is 42.6 Å². The molecular weight excluding hydrogens is 368 g/mol. The molecule has 0 aliphatic heterocycles. The lowest BCUT2D eigenvalue weighted by atomic mass is 10.1. The second kappa shape index (κ2) is 10.3. The average Bonchev–Trinajstić information content (AvgIpc) is 2.72. The second-order valence-electron chi connectivity index (χ2n) is 7.04. The lowest BCUT2D eigenvalue weighted by Gasteiger charge is -2.13. The molecule has 29 heavy (non-hydrogen) atoms. The Morgan fingerprint density at radius 3 is 2.28 bits per heavy atom. The van der Waals surface area contributed by atoms with E-state index in [2.05, 4.69) is 16.0 Å². The van der Waals surface area contributed by atoms with Crippen LogP contribution in [-0.2, 0) is 4.79 Å². The van der Waals surface area contributed by atoms with Crippen molar-refractivity contribution in [2.24, 2.45) is 0 Å². The molecule has 1 atom stereocenters. The van der Waals surface area contributed by atoms with Crippen LogP contribution in [0.5, 0.6) is 0 Å². The van der Waals surface area contributed by atoms with E-state index < -0.39 is 0 Å². The smallest absolute Gasteiger partial charge is 0.253 e. The first-order valence-corrected chi connectivity index (χ1v) is 9.56. The Morgan fingerprint density at radius 2 is 1.66 bits per heavy atom. The molecule has 0 bridgehead atoms. The maximum Gasteiger partial charge on any atom is 0.253 e. The maximum absolute atomic E-state index is 12.2. The van der Waals surface area contributed by atoms with Crippen LogP contribution in [0.4, 0.5) is 11.4 Å². The van der Waals surface area contributed by atoms with Gasteiger partial charge in [-0.15, -0.1) is 0 Å². The lowest BCUT2D eigenvalue weighted by Crippen LogP contribution is -2.31. The van der Waals surface area contributed by atoms with Crippen LogP contribution in [0, 0.1) is 0 Å². The van der Waals surface area contributed by atoms with Crippen molar-refractivity contribution in [1.82, 2.24) is 10.2 Å². The van der Waals surface area contributed by atoms with Crippen molar-refractivity contribution >= 4 is 29.1 Å².